The van der Waals surface area contributed by atoms with Crippen molar-refractivity contribution in [1.29, 1.82) is 0 Å². The first-order chi connectivity index (χ1) is 10.9. The molecule has 0 bridgehead atoms. The minimum absolute atomic E-state index is 0. The monoisotopic (exact) mass is 493 g/mol. The van der Waals surface area contributed by atoms with E-state index in [1.54, 1.807) is 7.05 Å². The number of halogens is 1. The molecular weight excluding hydrogens is 461 g/mol. The summed E-state index contributed by atoms with van der Waals surface area (Å²) < 4.78 is 27.3. The number of nitrogens with zero attached hydrogens (tertiary/aromatic N) is 1. The molecule has 2 atom stereocenters. The summed E-state index contributed by atoms with van der Waals surface area (Å²) in [5.74, 6) is 2.04. The molecule has 144 valence electrons. The van der Waals surface area contributed by atoms with Gasteiger partial charge in [0.2, 0.25) is 0 Å². The molecule has 24 heavy (non-hydrogen) atoms. The van der Waals surface area contributed by atoms with Gasteiger partial charge in [-0.25, -0.2) is 8.42 Å². The van der Waals surface area contributed by atoms with E-state index < -0.39 is 9.84 Å². The number of aliphatic imine (C=N–C) groups is 1. The van der Waals surface area contributed by atoms with E-state index in [0.29, 0.717) is 19.2 Å². The van der Waals surface area contributed by atoms with Crippen molar-refractivity contribution in [2.45, 2.75) is 43.9 Å². The van der Waals surface area contributed by atoms with Gasteiger partial charge in [0.05, 0.1) is 19.0 Å². The second-order valence-electron chi connectivity index (χ2n) is 5.83. The fraction of sp³-hybridized carbons (Fsp3) is 0.933. The first-order valence-corrected chi connectivity index (χ1v) is 11.4. The van der Waals surface area contributed by atoms with E-state index in [-0.39, 0.29) is 36.3 Å². The topological polar surface area (TPSA) is 79.8 Å². The van der Waals surface area contributed by atoms with Crippen LogP contribution in [0.1, 0.15) is 32.6 Å². The minimum atomic E-state index is -2.95. The standard InChI is InChI=1S/C15H31N3O3S2.HI/c1-4-22-14-7-5-6-13(12-14)18-15(16-2)17-8-9-21-10-11-23(3,19)20;/h13-14H,4-12H2,1-3H3,(H2,16,17,18);1H. The van der Waals surface area contributed by atoms with E-state index in [2.05, 4.69) is 34.3 Å². The second-order valence-corrected chi connectivity index (χ2v) is 9.66. The van der Waals surface area contributed by atoms with Crippen molar-refractivity contribution in [3.05, 3.63) is 0 Å². The largest absolute Gasteiger partial charge is 0.379 e. The lowest BCUT2D eigenvalue weighted by Crippen LogP contribution is -2.46. The van der Waals surface area contributed by atoms with Crippen LogP contribution in [0.3, 0.4) is 0 Å². The summed E-state index contributed by atoms with van der Waals surface area (Å²) in [4.78, 5) is 4.25. The van der Waals surface area contributed by atoms with Crippen LogP contribution in [0.4, 0.5) is 0 Å². The molecule has 0 heterocycles. The third-order valence-electron chi connectivity index (χ3n) is 3.73. The Balaban J connectivity index is 0.00000529. The molecule has 1 aliphatic rings. The SMILES string of the molecule is CCSC1CCCC(NC(=NC)NCCOCCS(C)(=O)=O)C1.I. The van der Waals surface area contributed by atoms with Crippen molar-refractivity contribution in [2.75, 3.05) is 44.6 Å². The molecule has 0 aromatic heterocycles. The Bertz CT molecular complexity index is 459. The third kappa shape index (κ3) is 11.8. The highest BCUT2D eigenvalue weighted by Gasteiger charge is 2.22. The smallest absolute Gasteiger partial charge is 0.191 e. The van der Waals surface area contributed by atoms with Gasteiger partial charge in [-0.3, -0.25) is 4.99 Å². The zero-order chi connectivity index (χ0) is 17.1. The summed E-state index contributed by atoms with van der Waals surface area (Å²) in [6.07, 6.45) is 6.17. The maximum absolute atomic E-state index is 11.0. The molecule has 2 unspecified atom stereocenters. The lowest BCUT2D eigenvalue weighted by atomic mass is 9.95. The van der Waals surface area contributed by atoms with Crippen LogP contribution in [-0.2, 0) is 14.6 Å². The molecule has 0 aromatic rings. The van der Waals surface area contributed by atoms with Crippen molar-refractivity contribution in [1.82, 2.24) is 10.6 Å². The summed E-state index contributed by atoms with van der Waals surface area (Å²) in [6.45, 7) is 3.54. The lowest BCUT2D eigenvalue weighted by Gasteiger charge is -2.30. The van der Waals surface area contributed by atoms with Gasteiger partial charge < -0.3 is 15.4 Å². The number of ether oxygens (including phenoxy) is 1. The van der Waals surface area contributed by atoms with Gasteiger partial charge in [0.1, 0.15) is 9.84 Å². The molecule has 1 rings (SSSR count). The van der Waals surface area contributed by atoms with E-state index in [1.807, 2.05) is 0 Å². The number of nitrogens with one attached hydrogen (secondary N) is 2. The number of guanidine groups is 1. The molecule has 1 fully saturated rings. The van der Waals surface area contributed by atoms with Crippen LogP contribution >= 0.6 is 35.7 Å². The molecule has 0 saturated heterocycles. The first kappa shape index (κ1) is 24.3. The van der Waals surface area contributed by atoms with Crippen molar-refractivity contribution in [3.8, 4) is 0 Å². The van der Waals surface area contributed by atoms with Gasteiger partial charge in [0, 0.05) is 31.1 Å². The van der Waals surface area contributed by atoms with Crippen molar-refractivity contribution < 1.29 is 13.2 Å². The van der Waals surface area contributed by atoms with Gasteiger partial charge in [-0.2, -0.15) is 11.8 Å². The fourth-order valence-corrected chi connectivity index (χ4v) is 4.20. The summed E-state index contributed by atoms with van der Waals surface area (Å²) in [7, 11) is -1.18. The fourth-order valence-electron chi connectivity index (χ4n) is 2.61. The quantitative estimate of drug-likeness (QED) is 0.221. The number of hydrogen-bond donors (Lipinski definition) is 2. The molecular formula is C15H32IN3O3S2. The first-order valence-electron chi connectivity index (χ1n) is 8.29. The summed E-state index contributed by atoms with van der Waals surface area (Å²) in [6, 6.07) is 0.477. The van der Waals surface area contributed by atoms with Crippen LogP contribution in [0, 0.1) is 0 Å². The molecule has 1 saturated carbocycles. The molecule has 0 radical (unpaired) electrons. The zero-order valence-electron chi connectivity index (χ0n) is 14.9. The molecule has 0 aliphatic heterocycles. The van der Waals surface area contributed by atoms with Gasteiger partial charge in [0.25, 0.3) is 0 Å². The van der Waals surface area contributed by atoms with E-state index in [0.717, 1.165) is 11.2 Å². The van der Waals surface area contributed by atoms with Crippen molar-refractivity contribution in [3.63, 3.8) is 0 Å². The van der Waals surface area contributed by atoms with Crippen molar-refractivity contribution in [2.24, 2.45) is 4.99 Å². The van der Waals surface area contributed by atoms with Crippen molar-refractivity contribution >= 4 is 51.5 Å². The average molecular weight is 493 g/mol. The summed E-state index contributed by atoms with van der Waals surface area (Å²) in [5.41, 5.74) is 0. The maximum Gasteiger partial charge on any atom is 0.191 e. The Morgan fingerprint density at radius 2 is 2.08 bits per heavy atom. The van der Waals surface area contributed by atoms with Crippen LogP contribution in [-0.4, -0.2) is 70.2 Å². The zero-order valence-corrected chi connectivity index (χ0v) is 18.9. The minimum Gasteiger partial charge on any atom is -0.379 e. The highest BCUT2D eigenvalue weighted by Crippen LogP contribution is 2.28. The predicted molar refractivity (Wildman–Crippen MR) is 115 cm³/mol. The Labute approximate surface area is 168 Å². The van der Waals surface area contributed by atoms with Gasteiger partial charge in [0.15, 0.2) is 5.96 Å². The molecule has 6 nitrogen and oxygen atoms in total. The Morgan fingerprint density at radius 1 is 1.33 bits per heavy atom. The highest BCUT2D eigenvalue weighted by atomic mass is 127. The van der Waals surface area contributed by atoms with E-state index in [4.69, 9.17) is 4.74 Å². The molecule has 9 heteroatoms. The summed E-state index contributed by atoms with van der Waals surface area (Å²) in [5, 5.41) is 7.46. The number of thioether (sulfide) groups is 1. The maximum atomic E-state index is 11.0. The van der Waals surface area contributed by atoms with Gasteiger partial charge in [-0.15, -0.1) is 24.0 Å². The lowest BCUT2D eigenvalue weighted by molar-refractivity contribution is 0.154. The van der Waals surface area contributed by atoms with Gasteiger partial charge >= 0.3 is 0 Å². The Kier molecular flexibility index (Phi) is 13.6. The average Bonchev–Trinajstić information content (AvgIpc) is 2.49. The molecule has 1 aliphatic carbocycles. The van der Waals surface area contributed by atoms with Crippen LogP contribution in [0.15, 0.2) is 4.99 Å². The molecule has 0 aromatic carbocycles. The van der Waals surface area contributed by atoms with Crippen LogP contribution in [0.25, 0.3) is 0 Å². The number of sulfone groups is 1. The van der Waals surface area contributed by atoms with Crippen LogP contribution < -0.4 is 10.6 Å². The van der Waals surface area contributed by atoms with E-state index in [1.165, 1.54) is 37.7 Å². The molecule has 2 N–H and O–H groups in total. The summed E-state index contributed by atoms with van der Waals surface area (Å²) >= 11 is 2.05. The molecule has 0 amide bonds. The predicted octanol–water partition coefficient (Wildman–Crippen LogP) is 1.89. The Morgan fingerprint density at radius 3 is 2.71 bits per heavy atom. The van der Waals surface area contributed by atoms with E-state index >= 15 is 0 Å². The third-order valence-corrected chi connectivity index (χ3v) is 5.87. The Hall–Kier alpha value is 0.260. The van der Waals surface area contributed by atoms with Gasteiger partial charge in [-0.05, 0) is 25.0 Å². The number of rotatable bonds is 9. The second kappa shape index (κ2) is 13.5. The van der Waals surface area contributed by atoms with Crippen LogP contribution in [0.2, 0.25) is 0 Å². The normalized spacial score (nSPS) is 21.9. The number of hydrogen-bond acceptors (Lipinski definition) is 5. The molecule has 0 spiro atoms. The van der Waals surface area contributed by atoms with Crippen LogP contribution in [0.5, 0.6) is 0 Å². The highest BCUT2D eigenvalue weighted by molar-refractivity contribution is 14.0. The van der Waals surface area contributed by atoms with E-state index in [9.17, 15) is 8.42 Å². The van der Waals surface area contributed by atoms with Gasteiger partial charge in [-0.1, -0.05) is 13.3 Å².